The molecule has 7 nitrogen and oxygen atoms in total. The molecule has 0 amide bonds. The van der Waals surface area contributed by atoms with Gasteiger partial charge in [-0.3, -0.25) is 14.7 Å². The zero-order valence-electron chi connectivity index (χ0n) is 17.8. The van der Waals surface area contributed by atoms with Crippen LogP contribution >= 0.6 is 11.8 Å². The predicted molar refractivity (Wildman–Crippen MR) is 125 cm³/mol. The highest BCUT2D eigenvalue weighted by atomic mass is 32.2. The Bertz CT molecular complexity index is 1140. The van der Waals surface area contributed by atoms with Gasteiger partial charge in [0.1, 0.15) is 5.75 Å². The second-order valence-corrected chi connectivity index (χ2v) is 9.13. The second kappa shape index (κ2) is 8.88. The van der Waals surface area contributed by atoms with Gasteiger partial charge in [0.05, 0.1) is 24.9 Å². The molecule has 2 aliphatic rings. The summed E-state index contributed by atoms with van der Waals surface area (Å²) in [6.07, 6.45) is 2.84. The van der Waals surface area contributed by atoms with Gasteiger partial charge >= 0.3 is 0 Å². The van der Waals surface area contributed by atoms with E-state index < -0.39 is 0 Å². The second-order valence-electron chi connectivity index (χ2n) is 8.02. The number of rotatable bonds is 5. The zero-order valence-corrected chi connectivity index (χ0v) is 18.6. The summed E-state index contributed by atoms with van der Waals surface area (Å²) in [6.45, 7) is 5.31. The summed E-state index contributed by atoms with van der Waals surface area (Å²) in [5.74, 6) is 2.85. The lowest BCUT2D eigenvalue weighted by molar-refractivity contribution is 0.242. The van der Waals surface area contributed by atoms with Crippen molar-refractivity contribution in [2.45, 2.75) is 18.7 Å². The van der Waals surface area contributed by atoms with Crippen molar-refractivity contribution in [2.75, 3.05) is 50.5 Å². The van der Waals surface area contributed by atoms with Crippen molar-refractivity contribution in [1.82, 2.24) is 19.7 Å². The fourth-order valence-electron chi connectivity index (χ4n) is 4.37. The quantitative estimate of drug-likeness (QED) is 0.607. The Morgan fingerprint density at radius 3 is 2.81 bits per heavy atom. The van der Waals surface area contributed by atoms with E-state index in [1.807, 2.05) is 30.1 Å². The number of benzene rings is 1. The van der Waals surface area contributed by atoms with Crippen LogP contribution in [0.4, 0.5) is 5.69 Å². The van der Waals surface area contributed by atoms with E-state index in [1.54, 1.807) is 17.9 Å². The fourth-order valence-corrected chi connectivity index (χ4v) is 5.33. The van der Waals surface area contributed by atoms with Crippen LogP contribution in [-0.4, -0.2) is 65.3 Å². The molecule has 31 heavy (non-hydrogen) atoms. The number of thioether (sulfide) groups is 1. The Labute approximate surface area is 186 Å². The van der Waals surface area contributed by atoms with Crippen molar-refractivity contribution in [2.24, 2.45) is 0 Å². The molecule has 0 atom stereocenters. The SMILES string of the molecule is COc1ccc2nccc(N3CCN(CCn4nc5c(cc4=O)CSCC5)CC3)c2c1. The average molecular weight is 438 g/mol. The van der Waals surface area contributed by atoms with E-state index in [-0.39, 0.29) is 5.56 Å². The first kappa shape index (κ1) is 20.3. The molecule has 0 N–H and O–H groups in total. The van der Waals surface area contributed by atoms with Crippen molar-refractivity contribution >= 4 is 28.4 Å². The van der Waals surface area contributed by atoms with Crippen LogP contribution < -0.4 is 15.2 Å². The maximum Gasteiger partial charge on any atom is 0.267 e. The molecule has 0 radical (unpaired) electrons. The third kappa shape index (κ3) is 4.27. The first-order valence-corrected chi connectivity index (χ1v) is 11.9. The molecular weight excluding hydrogens is 410 g/mol. The molecule has 3 aromatic rings. The number of piperazine rings is 1. The van der Waals surface area contributed by atoms with Crippen LogP contribution in [0.1, 0.15) is 11.3 Å². The van der Waals surface area contributed by atoms with Gasteiger partial charge < -0.3 is 9.64 Å². The summed E-state index contributed by atoms with van der Waals surface area (Å²) in [5.41, 5.74) is 4.43. The smallest absolute Gasteiger partial charge is 0.267 e. The maximum absolute atomic E-state index is 12.4. The largest absolute Gasteiger partial charge is 0.497 e. The number of ether oxygens (including phenoxy) is 1. The number of aromatic nitrogens is 3. The highest BCUT2D eigenvalue weighted by Gasteiger charge is 2.20. The van der Waals surface area contributed by atoms with E-state index >= 15 is 0 Å². The van der Waals surface area contributed by atoms with Gasteiger partial charge in [0.2, 0.25) is 0 Å². The van der Waals surface area contributed by atoms with Crippen LogP contribution in [0.25, 0.3) is 10.9 Å². The molecule has 0 bridgehead atoms. The summed E-state index contributed by atoms with van der Waals surface area (Å²) in [7, 11) is 1.69. The van der Waals surface area contributed by atoms with Gasteiger partial charge in [0.15, 0.2) is 0 Å². The van der Waals surface area contributed by atoms with E-state index in [9.17, 15) is 4.79 Å². The van der Waals surface area contributed by atoms with Gasteiger partial charge in [-0.2, -0.15) is 16.9 Å². The lowest BCUT2D eigenvalue weighted by Gasteiger charge is -2.36. The molecule has 1 aromatic carbocycles. The van der Waals surface area contributed by atoms with E-state index in [4.69, 9.17) is 4.74 Å². The number of nitrogens with zero attached hydrogens (tertiary/aromatic N) is 5. The number of aryl methyl sites for hydroxylation is 1. The number of fused-ring (bicyclic) bond motifs is 2. The van der Waals surface area contributed by atoms with Crippen LogP contribution in [0, 0.1) is 0 Å². The maximum atomic E-state index is 12.4. The minimum Gasteiger partial charge on any atom is -0.497 e. The molecular formula is C23H27N5O2S. The summed E-state index contributed by atoms with van der Waals surface area (Å²) < 4.78 is 7.07. The van der Waals surface area contributed by atoms with Crippen molar-refractivity contribution in [3.63, 3.8) is 0 Å². The van der Waals surface area contributed by atoms with E-state index in [0.717, 1.165) is 78.6 Å². The third-order valence-electron chi connectivity index (χ3n) is 6.17. The molecule has 1 saturated heterocycles. The number of methoxy groups -OCH3 is 1. The topological polar surface area (TPSA) is 63.5 Å². The minimum atomic E-state index is 0.0251. The fraction of sp³-hybridized carbons (Fsp3) is 0.435. The van der Waals surface area contributed by atoms with E-state index in [1.165, 1.54) is 5.69 Å². The van der Waals surface area contributed by atoms with Crippen molar-refractivity contribution in [3.05, 3.63) is 58.1 Å². The molecule has 5 rings (SSSR count). The minimum absolute atomic E-state index is 0.0251. The molecule has 4 heterocycles. The summed E-state index contributed by atoms with van der Waals surface area (Å²) in [4.78, 5) is 21.8. The van der Waals surface area contributed by atoms with Gasteiger partial charge in [-0.1, -0.05) is 0 Å². The Kier molecular flexibility index (Phi) is 5.82. The molecule has 0 unspecified atom stereocenters. The van der Waals surface area contributed by atoms with Crippen molar-refractivity contribution in [3.8, 4) is 5.75 Å². The molecule has 0 aliphatic carbocycles. The van der Waals surface area contributed by atoms with E-state index in [0.29, 0.717) is 6.54 Å². The van der Waals surface area contributed by atoms with Crippen molar-refractivity contribution in [1.29, 1.82) is 0 Å². The van der Waals surface area contributed by atoms with Crippen LogP contribution in [-0.2, 0) is 18.7 Å². The molecule has 8 heteroatoms. The Hall–Kier alpha value is -2.58. The Morgan fingerprint density at radius 2 is 1.97 bits per heavy atom. The Balaban J connectivity index is 1.23. The normalized spacial score (nSPS) is 17.0. The molecule has 2 aliphatic heterocycles. The first-order chi connectivity index (χ1) is 15.2. The molecule has 2 aromatic heterocycles. The zero-order chi connectivity index (χ0) is 21.2. The first-order valence-electron chi connectivity index (χ1n) is 10.8. The number of pyridine rings is 1. The lowest BCUT2D eigenvalue weighted by atomic mass is 10.1. The summed E-state index contributed by atoms with van der Waals surface area (Å²) in [6, 6.07) is 9.90. The van der Waals surface area contributed by atoms with Crippen LogP contribution in [0.5, 0.6) is 5.75 Å². The molecule has 1 fully saturated rings. The molecule has 162 valence electrons. The summed E-state index contributed by atoms with van der Waals surface area (Å²) in [5, 5.41) is 5.77. The third-order valence-corrected chi connectivity index (χ3v) is 7.18. The molecule has 0 saturated carbocycles. The highest BCUT2D eigenvalue weighted by molar-refractivity contribution is 7.98. The van der Waals surface area contributed by atoms with Crippen LogP contribution in [0.3, 0.4) is 0 Å². The lowest BCUT2D eigenvalue weighted by Crippen LogP contribution is -2.47. The van der Waals surface area contributed by atoms with Crippen LogP contribution in [0.15, 0.2) is 41.3 Å². The van der Waals surface area contributed by atoms with Gasteiger partial charge in [0, 0.05) is 68.2 Å². The van der Waals surface area contributed by atoms with Gasteiger partial charge in [-0.15, -0.1) is 0 Å². The average Bonchev–Trinajstić information content (AvgIpc) is 2.82. The van der Waals surface area contributed by atoms with E-state index in [2.05, 4.69) is 32.0 Å². The monoisotopic (exact) mass is 437 g/mol. The Morgan fingerprint density at radius 1 is 1.10 bits per heavy atom. The van der Waals surface area contributed by atoms with Crippen molar-refractivity contribution < 1.29 is 4.74 Å². The van der Waals surface area contributed by atoms with Crippen LogP contribution in [0.2, 0.25) is 0 Å². The number of hydrogen-bond donors (Lipinski definition) is 0. The van der Waals surface area contributed by atoms with Gasteiger partial charge in [-0.05, 0) is 35.6 Å². The number of hydrogen-bond acceptors (Lipinski definition) is 7. The summed E-state index contributed by atoms with van der Waals surface area (Å²) >= 11 is 1.88. The van der Waals surface area contributed by atoms with Gasteiger partial charge in [0.25, 0.3) is 5.56 Å². The standard InChI is InChI=1S/C23H27N5O2S/c1-30-18-2-3-21-19(15-18)22(4-6-24-21)27-10-7-26(8-11-27)9-12-28-23(29)14-17-16-31-13-5-20(17)25-28/h2-4,6,14-15H,5,7-13,16H2,1H3. The molecule has 0 spiro atoms. The van der Waals surface area contributed by atoms with Gasteiger partial charge in [-0.25, -0.2) is 4.68 Å². The predicted octanol–water partition coefficient (Wildman–Crippen LogP) is 2.41. The number of anilines is 1. The highest BCUT2D eigenvalue weighted by Crippen LogP contribution is 2.29.